The summed E-state index contributed by atoms with van der Waals surface area (Å²) in [5.41, 5.74) is 1.60. The van der Waals surface area contributed by atoms with E-state index in [0.29, 0.717) is 35.2 Å². The average molecular weight is 356 g/mol. The number of carbonyl (C=O) groups is 2. The maximum Gasteiger partial charge on any atom is 0.267 e. The normalized spacial score (nSPS) is 16.3. The Hall–Kier alpha value is -2.89. The summed E-state index contributed by atoms with van der Waals surface area (Å²) in [6.45, 7) is 6.40. The second kappa shape index (κ2) is 7.15. The number of anilines is 2. The van der Waals surface area contributed by atoms with Crippen molar-refractivity contribution < 1.29 is 18.7 Å². The average Bonchev–Trinajstić information content (AvgIpc) is 2.59. The van der Waals surface area contributed by atoms with Crippen molar-refractivity contribution >= 4 is 23.2 Å². The van der Waals surface area contributed by atoms with Gasteiger partial charge < -0.3 is 15.0 Å². The largest absolute Gasteiger partial charge is 0.479 e. The highest BCUT2D eigenvalue weighted by Crippen LogP contribution is 2.36. The van der Waals surface area contributed by atoms with Gasteiger partial charge in [0.25, 0.3) is 11.8 Å². The summed E-state index contributed by atoms with van der Waals surface area (Å²) in [5.74, 6) is 0.0514. The lowest BCUT2D eigenvalue weighted by Crippen LogP contribution is -2.46. The van der Waals surface area contributed by atoms with E-state index >= 15 is 0 Å². The van der Waals surface area contributed by atoms with Gasteiger partial charge in [-0.05, 0) is 49.2 Å². The van der Waals surface area contributed by atoms with Crippen LogP contribution in [0, 0.1) is 11.7 Å². The zero-order chi connectivity index (χ0) is 18.8. The molecule has 0 aromatic heterocycles. The highest BCUT2D eigenvalue weighted by molar-refractivity contribution is 6.05. The number of hydrogen-bond donors (Lipinski definition) is 1. The van der Waals surface area contributed by atoms with Gasteiger partial charge in [-0.3, -0.25) is 9.59 Å². The number of halogens is 1. The highest BCUT2D eigenvalue weighted by Gasteiger charge is 2.32. The lowest BCUT2D eigenvalue weighted by molar-refractivity contribution is -0.125. The lowest BCUT2D eigenvalue weighted by Gasteiger charge is -2.34. The van der Waals surface area contributed by atoms with Crippen LogP contribution >= 0.6 is 0 Å². The van der Waals surface area contributed by atoms with Crippen molar-refractivity contribution in [3.63, 3.8) is 0 Å². The number of amides is 2. The third kappa shape index (κ3) is 3.69. The van der Waals surface area contributed by atoms with E-state index in [1.807, 2.05) is 13.8 Å². The summed E-state index contributed by atoms with van der Waals surface area (Å²) in [5, 5.41) is 2.76. The van der Waals surface area contributed by atoms with Crippen LogP contribution in [0.5, 0.6) is 5.75 Å². The molecule has 6 heteroatoms. The Morgan fingerprint density at radius 2 is 1.92 bits per heavy atom. The van der Waals surface area contributed by atoms with Crippen LogP contribution in [0.2, 0.25) is 0 Å². The van der Waals surface area contributed by atoms with Gasteiger partial charge in [0, 0.05) is 23.9 Å². The van der Waals surface area contributed by atoms with E-state index < -0.39 is 11.9 Å². The van der Waals surface area contributed by atoms with Gasteiger partial charge in [0.1, 0.15) is 11.6 Å². The summed E-state index contributed by atoms with van der Waals surface area (Å²) in [6, 6.07) is 10.5. The van der Waals surface area contributed by atoms with E-state index in [-0.39, 0.29) is 11.8 Å². The highest BCUT2D eigenvalue weighted by atomic mass is 19.1. The van der Waals surface area contributed by atoms with E-state index in [9.17, 15) is 14.0 Å². The van der Waals surface area contributed by atoms with Crippen LogP contribution in [-0.2, 0) is 4.79 Å². The molecule has 1 aliphatic heterocycles. The molecule has 2 amide bonds. The Labute approximate surface area is 151 Å². The molecule has 1 atom stereocenters. The number of rotatable bonds is 4. The maximum absolute atomic E-state index is 13.0. The third-order valence-corrected chi connectivity index (χ3v) is 4.08. The van der Waals surface area contributed by atoms with Crippen LogP contribution in [-0.4, -0.2) is 24.5 Å². The van der Waals surface area contributed by atoms with Crippen molar-refractivity contribution in [3.05, 3.63) is 53.8 Å². The van der Waals surface area contributed by atoms with Crippen molar-refractivity contribution in [3.8, 4) is 5.75 Å². The first-order chi connectivity index (χ1) is 12.3. The molecule has 2 aromatic carbocycles. The van der Waals surface area contributed by atoms with Gasteiger partial charge >= 0.3 is 0 Å². The molecule has 3 rings (SSSR count). The maximum atomic E-state index is 13.0. The molecule has 1 heterocycles. The van der Waals surface area contributed by atoms with Crippen LogP contribution in [0.3, 0.4) is 0 Å². The van der Waals surface area contributed by atoms with Crippen LogP contribution in [0.15, 0.2) is 42.5 Å². The van der Waals surface area contributed by atoms with Gasteiger partial charge in [-0.25, -0.2) is 4.39 Å². The molecule has 136 valence electrons. The minimum absolute atomic E-state index is 0.0747. The van der Waals surface area contributed by atoms with Crippen LogP contribution < -0.4 is 15.0 Å². The molecular formula is C20H21FN2O3. The van der Waals surface area contributed by atoms with Crippen LogP contribution in [0.4, 0.5) is 15.8 Å². The van der Waals surface area contributed by atoms with Crippen LogP contribution in [0.1, 0.15) is 31.1 Å². The Morgan fingerprint density at radius 1 is 1.23 bits per heavy atom. The Bertz CT molecular complexity index is 833. The number of nitrogens with zero attached hydrogens (tertiary/aromatic N) is 1. The van der Waals surface area contributed by atoms with Crippen molar-refractivity contribution in [1.82, 2.24) is 0 Å². The second-order valence-corrected chi connectivity index (χ2v) is 6.75. The molecule has 5 nitrogen and oxygen atoms in total. The van der Waals surface area contributed by atoms with Crippen LogP contribution in [0.25, 0.3) is 0 Å². The molecular weight excluding hydrogens is 335 g/mol. The summed E-state index contributed by atoms with van der Waals surface area (Å²) >= 11 is 0. The fourth-order valence-electron chi connectivity index (χ4n) is 2.85. The molecule has 0 aliphatic carbocycles. The fourth-order valence-corrected chi connectivity index (χ4v) is 2.85. The van der Waals surface area contributed by atoms with Gasteiger partial charge in [0.2, 0.25) is 0 Å². The van der Waals surface area contributed by atoms with Gasteiger partial charge in [0.15, 0.2) is 6.10 Å². The third-order valence-electron chi connectivity index (χ3n) is 4.08. The summed E-state index contributed by atoms with van der Waals surface area (Å²) in [4.78, 5) is 26.4. The SMILES string of the molecule is CC(C)CN1C(=O)C(C)Oc2cc(NC(=O)c3ccc(F)cc3)ccc21. The molecule has 0 bridgehead atoms. The molecule has 2 aromatic rings. The van der Waals surface area contributed by atoms with Crippen molar-refractivity contribution in [1.29, 1.82) is 0 Å². The van der Waals surface area contributed by atoms with E-state index in [2.05, 4.69) is 5.32 Å². The van der Waals surface area contributed by atoms with E-state index in [1.54, 1.807) is 30.0 Å². The molecule has 0 radical (unpaired) electrons. The first-order valence-corrected chi connectivity index (χ1v) is 8.54. The summed E-state index contributed by atoms with van der Waals surface area (Å²) < 4.78 is 18.7. The van der Waals surface area contributed by atoms with E-state index in [0.717, 1.165) is 0 Å². The molecule has 0 saturated heterocycles. The van der Waals surface area contributed by atoms with Gasteiger partial charge in [0.05, 0.1) is 5.69 Å². The van der Waals surface area contributed by atoms with Gasteiger partial charge in [-0.1, -0.05) is 13.8 Å². The smallest absolute Gasteiger partial charge is 0.267 e. The molecule has 1 aliphatic rings. The molecule has 0 spiro atoms. The minimum Gasteiger partial charge on any atom is -0.479 e. The Balaban J connectivity index is 1.84. The molecule has 0 saturated carbocycles. The number of benzene rings is 2. The number of fused-ring (bicyclic) bond motifs is 1. The number of hydrogen-bond acceptors (Lipinski definition) is 3. The topological polar surface area (TPSA) is 58.6 Å². The number of nitrogens with one attached hydrogen (secondary N) is 1. The predicted octanol–water partition coefficient (Wildman–Crippen LogP) is 3.85. The minimum atomic E-state index is -0.579. The quantitative estimate of drug-likeness (QED) is 0.905. The summed E-state index contributed by atoms with van der Waals surface area (Å²) in [6.07, 6.45) is -0.579. The second-order valence-electron chi connectivity index (χ2n) is 6.75. The monoisotopic (exact) mass is 356 g/mol. The predicted molar refractivity (Wildman–Crippen MR) is 98.1 cm³/mol. The van der Waals surface area contributed by atoms with Gasteiger partial charge in [-0.15, -0.1) is 0 Å². The first-order valence-electron chi connectivity index (χ1n) is 8.54. The zero-order valence-corrected chi connectivity index (χ0v) is 15.0. The molecule has 26 heavy (non-hydrogen) atoms. The lowest BCUT2D eigenvalue weighted by atomic mass is 10.1. The number of carbonyl (C=O) groups excluding carboxylic acids is 2. The van der Waals surface area contributed by atoms with Crippen molar-refractivity contribution in [2.75, 3.05) is 16.8 Å². The van der Waals surface area contributed by atoms with Crippen molar-refractivity contribution in [2.45, 2.75) is 26.9 Å². The fraction of sp³-hybridized carbons (Fsp3) is 0.300. The standard InChI is InChI=1S/C20H21FN2O3/c1-12(2)11-23-17-9-8-16(10-18(17)26-13(3)20(23)25)22-19(24)14-4-6-15(21)7-5-14/h4-10,12-13H,11H2,1-3H3,(H,22,24). The Morgan fingerprint density at radius 3 is 2.58 bits per heavy atom. The Kier molecular flexibility index (Phi) is 4.93. The summed E-state index contributed by atoms with van der Waals surface area (Å²) in [7, 11) is 0. The molecule has 1 unspecified atom stereocenters. The van der Waals surface area contributed by atoms with E-state index in [4.69, 9.17) is 4.74 Å². The van der Waals surface area contributed by atoms with Crippen molar-refractivity contribution in [2.24, 2.45) is 5.92 Å². The first kappa shape index (κ1) is 17.9. The zero-order valence-electron chi connectivity index (χ0n) is 15.0. The molecule has 0 fully saturated rings. The van der Waals surface area contributed by atoms with Gasteiger partial charge in [-0.2, -0.15) is 0 Å². The molecule has 1 N–H and O–H groups in total. The number of ether oxygens (including phenoxy) is 1. The van der Waals surface area contributed by atoms with E-state index in [1.165, 1.54) is 24.3 Å².